The van der Waals surface area contributed by atoms with Crippen molar-refractivity contribution < 1.29 is 9.90 Å². The van der Waals surface area contributed by atoms with Crippen LogP contribution in [0.3, 0.4) is 0 Å². The third-order valence-corrected chi connectivity index (χ3v) is 7.24. The minimum Gasteiger partial charge on any atom is -0.393 e. The average molecular weight is 427 g/mol. The Labute approximate surface area is 167 Å². The Morgan fingerprint density at radius 1 is 1.22 bits per heavy atom. The van der Waals surface area contributed by atoms with Crippen LogP contribution in [0.25, 0.3) is 0 Å². The van der Waals surface area contributed by atoms with E-state index in [1.807, 2.05) is 29.3 Å². The number of carbonyl (C=O) groups is 1. The highest BCUT2D eigenvalue weighted by atomic mass is 79.9. The molecule has 2 aliphatic carbocycles. The minimum absolute atomic E-state index is 0.0822. The zero-order valence-electron chi connectivity index (χ0n) is 15.2. The van der Waals surface area contributed by atoms with E-state index in [2.05, 4.69) is 33.0 Å². The number of aromatic nitrogens is 1. The fraction of sp³-hybridized carbons (Fsp3) is 0.455. The minimum atomic E-state index is -0.0822. The molecule has 0 unspecified atom stereocenters. The molecule has 1 spiro atoms. The first-order chi connectivity index (χ1) is 13.0. The first-order valence-electron chi connectivity index (χ1n) is 9.70. The summed E-state index contributed by atoms with van der Waals surface area (Å²) in [4.78, 5) is 19.2. The van der Waals surface area contributed by atoms with Gasteiger partial charge < -0.3 is 10.0 Å². The summed E-state index contributed by atoms with van der Waals surface area (Å²) >= 11 is 3.56. The van der Waals surface area contributed by atoms with E-state index in [1.54, 1.807) is 0 Å². The van der Waals surface area contributed by atoms with E-state index >= 15 is 0 Å². The summed E-state index contributed by atoms with van der Waals surface area (Å²) in [5.74, 6) is 0.768. The van der Waals surface area contributed by atoms with Gasteiger partial charge in [-0.2, -0.15) is 0 Å². The SMILES string of the molecule is O=C1c2ccc(Cc3ncccc3Br)cc2CN1CC1CC2(CC(O)C2)C1. The van der Waals surface area contributed by atoms with Crippen molar-refractivity contribution in [3.63, 3.8) is 0 Å². The molecule has 4 nitrogen and oxygen atoms in total. The number of carbonyl (C=O) groups excluding carboxylic acids is 1. The number of hydrogen-bond donors (Lipinski definition) is 1. The molecular formula is C22H23BrN2O2. The van der Waals surface area contributed by atoms with Gasteiger partial charge in [-0.15, -0.1) is 0 Å². The Morgan fingerprint density at radius 3 is 2.78 bits per heavy atom. The van der Waals surface area contributed by atoms with Gasteiger partial charge in [0.25, 0.3) is 5.91 Å². The second kappa shape index (κ2) is 6.42. The largest absolute Gasteiger partial charge is 0.393 e. The molecule has 0 saturated heterocycles. The van der Waals surface area contributed by atoms with E-state index in [4.69, 9.17) is 0 Å². The molecule has 2 fully saturated rings. The summed E-state index contributed by atoms with van der Waals surface area (Å²) in [5, 5.41) is 9.56. The van der Waals surface area contributed by atoms with E-state index in [-0.39, 0.29) is 12.0 Å². The summed E-state index contributed by atoms with van der Waals surface area (Å²) < 4.78 is 1.02. The van der Waals surface area contributed by atoms with Gasteiger partial charge in [0.1, 0.15) is 0 Å². The van der Waals surface area contributed by atoms with Crippen molar-refractivity contribution >= 4 is 21.8 Å². The molecular weight excluding hydrogens is 404 g/mol. The predicted octanol–water partition coefficient (Wildman–Crippen LogP) is 3.94. The Kier molecular flexibility index (Phi) is 4.13. The van der Waals surface area contributed by atoms with E-state index in [1.165, 1.54) is 18.4 Å². The van der Waals surface area contributed by atoms with Gasteiger partial charge in [-0.1, -0.05) is 12.1 Å². The van der Waals surface area contributed by atoms with Gasteiger partial charge in [0.05, 0.1) is 11.8 Å². The third-order valence-electron chi connectivity index (χ3n) is 6.51. The van der Waals surface area contributed by atoms with Crippen LogP contribution in [0.2, 0.25) is 0 Å². The van der Waals surface area contributed by atoms with Gasteiger partial charge in [-0.05, 0) is 82.3 Å². The van der Waals surface area contributed by atoms with Crippen LogP contribution in [0.1, 0.15) is 52.9 Å². The van der Waals surface area contributed by atoms with Crippen molar-refractivity contribution in [3.05, 3.63) is 63.4 Å². The van der Waals surface area contributed by atoms with Crippen LogP contribution in [0, 0.1) is 11.3 Å². The fourth-order valence-corrected chi connectivity index (χ4v) is 5.71. The molecule has 2 saturated carbocycles. The van der Waals surface area contributed by atoms with Gasteiger partial charge >= 0.3 is 0 Å². The van der Waals surface area contributed by atoms with Crippen molar-refractivity contribution in [2.24, 2.45) is 11.3 Å². The zero-order valence-corrected chi connectivity index (χ0v) is 16.8. The van der Waals surface area contributed by atoms with Gasteiger partial charge in [0, 0.05) is 35.7 Å². The first kappa shape index (κ1) is 17.4. The lowest BCUT2D eigenvalue weighted by molar-refractivity contribution is -0.114. The number of rotatable bonds is 4. The van der Waals surface area contributed by atoms with Crippen LogP contribution < -0.4 is 0 Å². The van der Waals surface area contributed by atoms with E-state index in [9.17, 15) is 9.90 Å². The number of fused-ring (bicyclic) bond motifs is 1. The maximum absolute atomic E-state index is 12.8. The normalized spacial score (nSPS) is 28.8. The number of halogens is 1. The van der Waals surface area contributed by atoms with Crippen LogP contribution in [-0.4, -0.2) is 33.5 Å². The van der Waals surface area contributed by atoms with Gasteiger partial charge in [-0.25, -0.2) is 0 Å². The molecule has 1 aromatic carbocycles. The van der Waals surface area contributed by atoms with Gasteiger partial charge in [-0.3, -0.25) is 9.78 Å². The molecule has 1 amide bonds. The van der Waals surface area contributed by atoms with Crippen molar-refractivity contribution in [2.45, 2.75) is 44.8 Å². The molecule has 3 aliphatic rings. The predicted molar refractivity (Wildman–Crippen MR) is 106 cm³/mol. The average Bonchev–Trinajstić information content (AvgIpc) is 2.89. The van der Waals surface area contributed by atoms with Crippen molar-refractivity contribution in [1.82, 2.24) is 9.88 Å². The number of nitrogens with zero attached hydrogens (tertiary/aromatic N) is 2. The first-order valence-corrected chi connectivity index (χ1v) is 10.5. The lowest BCUT2D eigenvalue weighted by atomic mass is 9.50. The quantitative estimate of drug-likeness (QED) is 0.804. The van der Waals surface area contributed by atoms with Crippen LogP contribution in [0.4, 0.5) is 0 Å². The van der Waals surface area contributed by atoms with Crippen LogP contribution in [0.15, 0.2) is 41.0 Å². The summed E-state index contributed by atoms with van der Waals surface area (Å²) in [6.07, 6.45) is 6.75. The van der Waals surface area contributed by atoms with Crippen molar-refractivity contribution in [2.75, 3.05) is 6.54 Å². The maximum Gasteiger partial charge on any atom is 0.254 e. The summed E-state index contributed by atoms with van der Waals surface area (Å²) in [6.45, 7) is 1.57. The Hall–Kier alpha value is -1.72. The highest BCUT2D eigenvalue weighted by Crippen LogP contribution is 2.58. The van der Waals surface area contributed by atoms with Gasteiger partial charge in [0.2, 0.25) is 0 Å². The molecule has 1 aromatic heterocycles. The topological polar surface area (TPSA) is 53.4 Å². The molecule has 2 aromatic rings. The molecule has 0 atom stereocenters. The lowest BCUT2D eigenvalue weighted by Gasteiger charge is -2.57. The number of aliphatic hydroxyl groups excluding tert-OH is 1. The number of benzene rings is 1. The number of pyridine rings is 1. The van der Waals surface area contributed by atoms with Crippen molar-refractivity contribution in [3.8, 4) is 0 Å². The fourth-order valence-electron chi connectivity index (χ4n) is 5.31. The standard InChI is InChI=1S/C22H23BrN2O2/c23-19-2-1-5-24-20(19)7-14-3-4-18-16(6-14)13-25(21(18)27)12-15-8-22(9-15)10-17(26)11-22/h1-6,15,17,26H,7-13H2. The highest BCUT2D eigenvalue weighted by molar-refractivity contribution is 9.10. The maximum atomic E-state index is 12.8. The molecule has 0 radical (unpaired) electrons. The molecule has 0 bridgehead atoms. The van der Waals surface area contributed by atoms with Crippen LogP contribution >= 0.6 is 15.9 Å². The van der Waals surface area contributed by atoms with E-state index in [0.717, 1.165) is 53.6 Å². The summed E-state index contributed by atoms with van der Waals surface area (Å²) in [6, 6.07) is 10.1. The Balaban J connectivity index is 1.25. The molecule has 2 heterocycles. The number of aliphatic hydroxyl groups is 1. The summed E-state index contributed by atoms with van der Waals surface area (Å²) in [7, 11) is 0. The van der Waals surface area contributed by atoms with Crippen LogP contribution in [-0.2, 0) is 13.0 Å². The smallest absolute Gasteiger partial charge is 0.254 e. The van der Waals surface area contributed by atoms with Crippen molar-refractivity contribution in [1.29, 1.82) is 0 Å². The van der Waals surface area contributed by atoms with E-state index < -0.39 is 0 Å². The Bertz CT molecular complexity index is 899. The third kappa shape index (κ3) is 3.11. The highest BCUT2D eigenvalue weighted by Gasteiger charge is 2.52. The monoisotopic (exact) mass is 426 g/mol. The summed E-state index contributed by atoms with van der Waals surface area (Å²) in [5.41, 5.74) is 4.60. The molecule has 1 N–H and O–H groups in total. The molecule has 27 heavy (non-hydrogen) atoms. The molecule has 1 aliphatic heterocycles. The number of amides is 1. The second-order valence-corrected chi connectivity index (χ2v) is 9.48. The zero-order chi connectivity index (χ0) is 18.6. The number of hydrogen-bond acceptors (Lipinski definition) is 3. The molecule has 5 rings (SSSR count). The lowest BCUT2D eigenvalue weighted by Crippen LogP contribution is -2.52. The Morgan fingerprint density at radius 2 is 2.04 bits per heavy atom. The van der Waals surface area contributed by atoms with Crippen LogP contribution in [0.5, 0.6) is 0 Å². The molecule has 140 valence electrons. The molecule has 5 heteroatoms. The second-order valence-electron chi connectivity index (χ2n) is 8.62. The van der Waals surface area contributed by atoms with Gasteiger partial charge in [0.15, 0.2) is 0 Å². The van der Waals surface area contributed by atoms with E-state index in [0.29, 0.717) is 11.3 Å².